The molecule has 12 heavy (non-hydrogen) atoms. The van der Waals surface area contributed by atoms with Gasteiger partial charge in [0.2, 0.25) is 0 Å². The summed E-state index contributed by atoms with van der Waals surface area (Å²) in [4.78, 5) is 10.4. The molecule has 1 aliphatic rings. The normalized spacial score (nSPS) is 21.9. The summed E-state index contributed by atoms with van der Waals surface area (Å²) < 4.78 is 1.84. The lowest BCUT2D eigenvalue weighted by Gasteiger charge is -2.16. The standard InChI is InChI=1S/C8H11N3O/c1-11-8-4-2-3-7(10-12)6(8)5-9-11/h5,7H,2-4H2,1H3. The third-order valence-corrected chi connectivity index (χ3v) is 2.47. The van der Waals surface area contributed by atoms with Crippen LogP contribution in [0.1, 0.15) is 30.1 Å². The molecule has 4 nitrogen and oxygen atoms in total. The van der Waals surface area contributed by atoms with Gasteiger partial charge >= 0.3 is 0 Å². The number of nitrogens with zero attached hydrogens (tertiary/aromatic N) is 3. The Balaban J connectivity index is 2.45. The third-order valence-electron chi connectivity index (χ3n) is 2.47. The van der Waals surface area contributed by atoms with Crippen LogP contribution >= 0.6 is 0 Å². The summed E-state index contributed by atoms with van der Waals surface area (Å²) >= 11 is 0. The van der Waals surface area contributed by atoms with E-state index < -0.39 is 0 Å². The van der Waals surface area contributed by atoms with Crippen molar-refractivity contribution in [3.05, 3.63) is 22.4 Å². The monoisotopic (exact) mass is 165 g/mol. The fourth-order valence-corrected chi connectivity index (χ4v) is 1.79. The molecule has 64 valence electrons. The van der Waals surface area contributed by atoms with Crippen LogP contribution in [-0.4, -0.2) is 9.78 Å². The van der Waals surface area contributed by atoms with E-state index in [4.69, 9.17) is 0 Å². The molecular weight excluding hydrogens is 154 g/mol. The number of aromatic nitrogens is 2. The Bertz CT molecular complexity index is 305. The largest absolute Gasteiger partial charge is 0.272 e. The Labute approximate surface area is 70.6 Å². The zero-order valence-corrected chi connectivity index (χ0v) is 7.03. The van der Waals surface area contributed by atoms with Gasteiger partial charge in [-0.2, -0.15) is 10.0 Å². The van der Waals surface area contributed by atoms with E-state index in [0.717, 1.165) is 24.8 Å². The first-order valence-corrected chi connectivity index (χ1v) is 4.16. The summed E-state index contributed by atoms with van der Waals surface area (Å²) in [5.41, 5.74) is 2.20. The molecule has 2 rings (SSSR count). The Hall–Kier alpha value is -1.19. The fraction of sp³-hybridized carbons (Fsp3) is 0.625. The molecule has 0 N–H and O–H groups in total. The Morgan fingerprint density at radius 1 is 1.75 bits per heavy atom. The predicted molar refractivity (Wildman–Crippen MR) is 44.7 cm³/mol. The van der Waals surface area contributed by atoms with Crippen LogP contribution in [-0.2, 0) is 13.5 Å². The van der Waals surface area contributed by atoms with E-state index in [1.54, 1.807) is 6.20 Å². The second-order valence-electron chi connectivity index (χ2n) is 3.18. The first kappa shape index (κ1) is 7.46. The van der Waals surface area contributed by atoms with Gasteiger partial charge in [-0.3, -0.25) is 4.68 Å². The zero-order valence-electron chi connectivity index (χ0n) is 7.03. The van der Waals surface area contributed by atoms with Gasteiger partial charge in [-0.1, -0.05) is 5.18 Å². The van der Waals surface area contributed by atoms with Gasteiger partial charge in [-0.15, -0.1) is 0 Å². The van der Waals surface area contributed by atoms with Gasteiger partial charge in [0.15, 0.2) is 0 Å². The molecule has 1 aliphatic carbocycles. The summed E-state index contributed by atoms with van der Waals surface area (Å²) in [5.74, 6) is 0. The van der Waals surface area contributed by atoms with E-state index >= 15 is 0 Å². The van der Waals surface area contributed by atoms with E-state index in [1.165, 1.54) is 5.69 Å². The number of rotatable bonds is 1. The van der Waals surface area contributed by atoms with Crippen molar-refractivity contribution in [2.45, 2.75) is 25.3 Å². The number of aryl methyl sites for hydroxylation is 1. The van der Waals surface area contributed by atoms with Gasteiger partial charge < -0.3 is 0 Å². The molecule has 1 aromatic rings. The summed E-state index contributed by atoms with van der Waals surface area (Å²) in [6.07, 6.45) is 4.71. The zero-order chi connectivity index (χ0) is 8.55. The topological polar surface area (TPSA) is 47.2 Å². The number of hydrogen-bond acceptors (Lipinski definition) is 3. The molecule has 0 bridgehead atoms. The average molecular weight is 165 g/mol. The van der Waals surface area contributed by atoms with Gasteiger partial charge in [0.1, 0.15) is 6.04 Å². The minimum atomic E-state index is -0.151. The Kier molecular flexibility index (Phi) is 1.67. The lowest BCUT2D eigenvalue weighted by molar-refractivity contribution is 0.547. The van der Waals surface area contributed by atoms with Crippen molar-refractivity contribution in [2.75, 3.05) is 0 Å². The minimum Gasteiger partial charge on any atom is -0.272 e. The highest BCUT2D eigenvalue weighted by molar-refractivity contribution is 5.24. The molecule has 0 saturated heterocycles. The van der Waals surface area contributed by atoms with Gasteiger partial charge in [0.05, 0.1) is 6.20 Å². The van der Waals surface area contributed by atoms with Crippen molar-refractivity contribution >= 4 is 0 Å². The van der Waals surface area contributed by atoms with Gasteiger partial charge in [0, 0.05) is 18.3 Å². The summed E-state index contributed by atoms with van der Waals surface area (Å²) in [7, 11) is 1.91. The maximum Gasteiger partial charge on any atom is 0.120 e. The highest BCUT2D eigenvalue weighted by Crippen LogP contribution is 2.31. The van der Waals surface area contributed by atoms with Crippen LogP contribution < -0.4 is 0 Å². The summed E-state index contributed by atoms with van der Waals surface area (Å²) in [6, 6.07) is -0.151. The maximum atomic E-state index is 10.4. The predicted octanol–water partition coefficient (Wildman–Crippen LogP) is 1.56. The van der Waals surface area contributed by atoms with Crippen molar-refractivity contribution in [1.29, 1.82) is 0 Å². The van der Waals surface area contributed by atoms with Crippen LogP contribution in [0.3, 0.4) is 0 Å². The molecule has 1 atom stereocenters. The molecule has 0 spiro atoms. The van der Waals surface area contributed by atoms with E-state index in [-0.39, 0.29) is 6.04 Å². The summed E-state index contributed by atoms with van der Waals surface area (Å²) in [5, 5.41) is 7.21. The van der Waals surface area contributed by atoms with Crippen LogP contribution in [0, 0.1) is 4.91 Å². The lowest BCUT2D eigenvalue weighted by Crippen LogP contribution is -2.09. The second kappa shape index (κ2) is 2.69. The van der Waals surface area contributed by atoms with Crippen molar-refractivity contribution in [3.8, 4) is 0 Å². The highest BCUT2D eigenvalue weighted by Gasteiger charge is 2.23. The van der Waals surface area contributed by atoms with Crippen molar-refractivity contribution < 1.29 is 0 Å². The SMILES string of the molecule is Cn1ncc2c1CCCC2N=O. The van der Waals surface area contributed by atoms with Crippen molar-refractivity contribution in [3.63, 3.8) is 0 Å². The Morgan fingerprint density at radius 2 is 2.58 bits per heavy atom. The highest BCUT2D eigenvalue weighted by atomic mass is 16.3. The lowest BCUT2D eigenvalue weighted by atomic mass is 9.94. The maximum absolute atomic E-state index is 10.4. The molecule has 0 amide bonds. The van der Waals surface area contributed by atoms with Crippen LogP contribution in [0.2, 0.25) is 0 Å². The van der Waals surface area contributed by atoms with E-state index in [2.05, 4.69) is 10.3 Å². The quantitative estimate of drug-likeness (QED) is 0.593. The molecule has 0 aliphatic heterocycles. The minimum absolute atomic E-state index is 0.151. The molecule has 0 saturated carbocycles. The molecule has 0 fully saturated rings. The smallest absolute Gasteiger partial charge is 0.120 e. The van der Waals surface area contributed by atoms with Gasteiger partial charge in [-0.25, -0.2) is 0 Å². The Morgan fingerprint density at radius 3 is 3.33 bits per heavy atom. The molecule has 1 unspecified atom stereocenters. The van der Waals surface area contributed by atoms with Crippen LogP contribution in [0.4, 0.5) is 0 Å². The van der Waals surface area contributed by atoms with E-state index in [0.29, 0.717) is 0 Å². The van der Waals surface area contributed by atoms with E-state index in [1.807, 2.05) is 11.7 Å². The first-order chi connectivity index (χ1) is 5.83. The number of hydrogen-bond donors (Lipinski definition) is 0. The number of fused-ring (bicyclic) bond motifs is 1. The molecule has 1 aromatic heterocycles. The average Bonchev–Trinajstić information content (AvgIpc) is 2.48. The third kappa shape index (κ3) is 0.948. The summed E-state index contributed by atoms with van der Waals surface area (Å²) in [6.45, 7) is 0. The van der Waals surface area contributed by atoms with E-state index in [9.17, 15) is 4.91 Å². The fourth-order valence-electron chi connectivity index (χ4n) is 1.79. The molecular formula is C8H11N3O. The van der Waals surface area contributed by atoms with Crippen LogP contribution in [0.15, 0.2) is 11.4 Å². The van der Waals surface area contributed by atoms with Crippen LogP contribution in [0.25, 0.3) is 0 Å². The second-order valence-corrected chi connectivity index (χ2v) is 3.18. The molecule has 1 heterocycles. The van der Waals surface area contributed by atoms with Gasteiger partial charge in [-0.05, 0) is 19.3 Å². The first-order valence-electron chi connectivity index (χ1n) is 4.16. The number of nitroso groups, excluding NO2 is 1. The molecule has 0 radical (unpaired) electrons. The van der Waals surface area contributed by atoms with Crippen molar-refractivity contribution in [2.24, 2.45) is 12.2 Å². The molecule has 0 aromatic carbocycles. The van der Waals surface area contributed by atoms with Gasteiger partial charge in [0.25, 0.3) is 0 Å². The van der Waals surface area contributed by atoms with Crippen LogP contribution in [0.5, 0.6) is 0 Å². The molecule has 4 heteroatoms. The van der Waals surface area contributed by atoms with Crippen molar-refractivity contribution in [1.82, 2.24) is 9.78 Å².